The zero-order valence-corrected chi connectivity index (χ0v) is 20.7. The number of carbonyl (C=O) groups excluding carboxylic acids is 3. The van der Waals surface area contributed by atoms with Crippen LogP contribution in [0, 0.1) is 11.3 Å². The highest BCUT2D eigenvalue weighted by Gasteiger charge is 2.57. The molecule has 3 aliphatic heterocycles. The molecule has 0 unspecified atom stereocenters. The number of alkyl halides is 2. The van der Waals surface area contributed by atoms with Gasteiger partial charge < -0.3 is 10.2 Å². The number of hydrogen-bond donors (Lipinski definition) is 2. The van der Waals surface area contributed by atoms with Gasteiger partial charge in [0.2, 0.25) is 5.91 Å². The lowest BCUT2D eigenvalue weighted by Gasteiger charge is -2.52. The van der Waals surface area contributed by atoms with Crippen LogP contribution in [-0.4, -0.2) is 83.9 Å². The molecule has 0 aromatic carbocycles. The van der Waals surface area contributed by atoms with E-state index in [9.17, 15) is 24.0 Å². The number of aromatic nitrogens is 2. The number of rotatable bonds is 7. The molecule has 1 aliphatic carbocycles. The van der Waals surface area contributed by atoms with Gasteiger partial charge in [0.1, 0.15) is 35.7 Å². The highest BCUT2D eigenvalue weighted by molar-refractivity contribution is 6.03. The highest BCUT2D eigenvalue weighted by Crippen LogP contribution is 2.55. The third-order valence-corrected chi connectivity index (χ3v) is 7.18. The number of hydrogen-bond acceptors (Lipinski definition) is 8. The number of aldehydes is 1. The van der Waals surface area contributed by atoms with E-state index >= 15 is 4.39 Å². The topological polar surface area (TPSA) is 135 Å². The average Bonchev–Trinajstić information content (AvgIpc) is 2.88. The fourth-order valence-corrected chi connectivity index (χ4v) is 5.14. The monoisotopic (exact) mass is 524 g/mol. The van der Waals surface area contributed by atoms with Gasteiger partial charge in [0, 0.05) is 68.5 Å². The molecule has 2 aromatic heterocycles. The van der Waals surface area contributed by atoms with Crippen molar-refractivity contribution in [1.29, 1.82) is 5.26 Å². The summed E-state index contributed by atoms with van der Waals surface area (Å²) in [6.07, 6.45) is 1.95. The van der Waals surface area contributed by atoms with Gasteiger partial charge in [0.15, 0.2) is 6.29 Å². The standard InChI is InChI=1S/C25H26F2N8O3/c1-33-4-5-34(22(37)13-33)12-15-6-18-23(31-20(15)14-36)35(17-8-25(18,27)9-17)24(38)32-21-7-19(29-3-2-26)16(10-28)11-30-21/h6-7,11,14,17H,2-5,8-9,12-13H2,1H3,(H2,29,30,32,38). The first-order valence-corrected chi connectivity index (χ1v) is 12.2. The fourth-order valence-electron chi connectivity index (χ4n) is 5.14. The Balaban J connectivity index is 1.43. The van der Waals surface area contributed by atoms with E-state index in [1.54, 1.807) is 11.0 Å². The Kier molecular flexibility index (Phi) is 6.66. The largest absolute Gasteiger partial charge is 0.381 e. The van der Waals surface area contributed by atoms with Crippen molar-refractivity contribution in [1.82, 2.24) is 19.8 Å². The number of nitrogens with zero attached hydrogens (tertiary/aromatic N) is 6. The van der Waals surface area contributed by atoms with E-state index in [1.165, 1.54) is 17.2 Å². The number of likely N-dealkylation sites (N-methyl/N-ethyl adjacent to an activating group) is 1. The van der Waals surface area contributed by atoms with Gasteiger partial charge in [-0.25, -0.2) is 23.5 Å². The van der Waals surface area contributed by atoms with Crippen molar-refractivity contribution in [2.24, 2.45) is 0 Å². The molecule has 1 saturated carbocycles. The van der Waals surface area contributed by atoms with Crippen molar-refractivity contribution in [2.45, 2.75) is 31.1 Å². The molecule has 6 rings (SSSR count). The summed E-state index contributed by atoms with van der Waals surface area (Å²) in [6.45, 7) is 0.857. The molecule has 3 amide bonds. The molecule has 2 aromatic rings. The molecular formula is C25H26F2N8O3. The second kappa shape index (κ2) is 9.94. The number of piperazine rings is 1. The van der Waals surface area contributed by atoms with Crippen LogP contribution in [0.5, 0.6) is 0 Å². The van der Waals surface area contributed by atoms with E-state index in [0.717, 1.165) is 0 Å². The summed E-state index contributed by atoms with van der Waals surface area (Å²) in [7, 11) is 1.85. The van der Waals surface area contributed by atoms with E-state index in [-0.39, 0.29) is 66.8 Å². The Labute approximate surface area is 217 Å². The summed E-state index contributed by atoms with van der Waals surface area (Å²) >= 11 is 0. The van der Waals surface area contributed by atoms with Crippen molar-refractivity contribution in [3.8, 4) is 6.07 Å². The second-order valence-corrected chi connectivity index (χ2v) is 9.75. The number of nitrogens with one attached hydrogen (secondary N) is 2. The summed E-state index contributed by atoms with van der Waals surface area (Å²) in [4.78, 5) is 51.1. The Morgan fingerprint density at radius 1 is 1.34 bits per heavy atom. The number of carbonyl (C=O) groups is 3. The van der Waals surface area contributed by atoms with Gasteiger partial charge in [-0.05, 0) is 13.1 Å². The van der Waals surface area contributed by atoms with E-state index < -0.39 is 24.4 Å². The molecule has 5 heterocycles. The molecule has 2 N–H and O–H groups in total. The highest BCUT2D eigenvalue weighted by atomic mass is 19.1. The van der Waals surface area contributed by atoms with E-state index in [4.69, 9.17) is 0 Å². The van der Waals surface area contributed by atoms with Crippen LogP contribution >= 0.6 is 0 Å². The van der Waals surface area contributed by atoms with Crippen molar-refractivity contribution in [3.05, 3.63) is 40.7 Å². The smallest absolute Gasteiger partial charge is 0.328 e. The molecule has 11 nitrogen and oxygen atoms in total. The quantitative estimate of drug-likeness (QED) is 0.527. The van der Waals surface area contributed by atoms with Gasteiger partial charge in [0.25, 0.3) is 0 Å². The molecular weight excluding hydrogens is 498 g/mol. The first-order chi connectivity index (χ1) is 18.3. The summed E-state index contributed by atoms with van der Waals surface area (Å²) in [5, 5.41) is 14.7. The molecule has 38 heavy (non-hydrogen) atoms. The lowest BCUT2D eigenvalue weighted by atomic mass is 9.68. The van der Waals surface area contributed by atoms with Crippen molar-refractivity contribution >= 4 is 35.5 Å². The predicted octanol–water partition coefficient (Wildman–Crippen LogP) is 2.20. The third-order valence-electron chi connectivity index (χ3n) is 7.18. The van der Waals surface area contributed by atoms with Gasteiger partial charge >= 0.3 is 6.03 Å². The minimum Gasteiger partial charge on any atom is -0.381 e. The molecule has 0 atom stereocenters. The van der Waals surface area contributed by atoms with E-state index in [2.05, 4.69) is 20.6 Å². The molecule has 2 fully saturated rings. The average molecular weight is 525 g/mol. The van der Waals surface area contributed by atoms with Crippen molar-refractivity contribution in [3.63, 3.8) is 0 Å². The molecule has 0 radical (unpaired) electrons. The molecule has 1 saturated heterocycles. The number of urea groups is 1. The van der Waals surface area contributed by atoms with Gasteiger partial charge in [0.05, 0.1) is 17.8 Å². The zero-order chi connectivity index (χ0) is 27.0. The van der Waals surface area contributed by atoms with Gasteiger partial charge in [-0.2, -0.15) is 5.26 Å². The Bertz CT molecular complexity index is 1340. The van der Waals surface area contributed by atoms with Crippen LogP contribution in [0.3, 0.4) is 0 Å². The minimum atomic E-state index is -1.68. The summed E-state index contributed by atoms with van der Waals surface area (Å²) in [5.41, 5.74) is -0.517. The lowest BCUT2D eigenvalue weighted by molar-refractivity contribution is -0.136. The van der Waals surface area contributed by atoms with Crippen LogP contribution in [0.4, 0.5) is 30.9 Å². The maximum atomic E-state index is 15.7. The Morgan fingerprint density at radius 2 is 2.13 bits per heavy atom. The third kappa shape index (κ3) is 4.51. The van der Waals surface area contributed by atoms with Gasteiger partial charge in [-0.15, -0.1) is 0 Å². The molecule has 13 heteroatoms. The Hall–Kier alpha value is -4.18. The summed E-state index contributed by atoms with van der Waals surface area (Å²) < 4.78 is 28.3. The van der Waals surface area contributed by atoms with Gasteiger partial charge in [-0.3, -0.25) is 24.7 Å². The van der Waals surface area contributed by atoms with Crippen LogP contribution in [0.1, 0.15) is 40.0 Å². The number of halogens is 2. The van der Waals surface area contributed by atoms with Crippen LogP contribution < -0.4 is 15.5 Å². The SMILES string of the molecule is CN1CCN(Cc2cc3c(nc2C=O)N(C(=O)Nc2cc(NCCF)c(C#N)cn2)C2CC3(F)C2)C(=O)C1. The summed E-state index contributed by atoms with van der Waals surface area (Å²) in [5.74, 6) is 0.0601. The Morgan fingerprint density at radius 3 is 2.82 bits per heavy atom. The maximum Gasteiger partial charge on any atom is 0.328 e. The summed E-state index contributed by atoms with van der Waals surface area (Å²) in [6, 6.07) is 3.82. The predicted molar refractivity (Wildman–Crippen MR) is 133 cm³/mol. The number of nitriles is 1. The second-order valence-electron chi connectivity index (χ2n) is 9.75. The van der Waals surface area contributed by atoms with Crippen LogP contribution in [0.25, 0.3) is 0 Å². The van der Waals surface area contributed by atoms with Crippen molar-refractivity contribution < 1.29 is 23.2 Å². The van der Waals surface area contributed by atoms with E-state index in [1.807, 2.05) is 18.0 Å². The molecule has 4 aliphatic rings. The molecule has 198 valence electrons. The van der Waals surface area contributed by atoms with Crippen LogP contribution in [0.2, 0.25) is 0 Å². The van der Waals surface area contributed by atoms with Crippen molar-refractivity contribution in [2.75, 3.05) is 55.4 Å². The fraction of sp³-hybridized carbons (Fsp3) is 0.440. The zero-order valence-electron chi connectivity index (χ0n) is 20.7. The lowest BCUT2D eigenvalue weighted by Crippen LogP contribution is -2.60. The first kappa shape index (κ1) is 25.5. The first-order valence-electron chi connectivity index (χ1n) is 12.2. The van der Waals surface area contributed by atoms with Crippen LogP contribution in [-0.2, 0) is 17.0 Å². The number of pyridine rings is 2. The van der Waals surface area contributed by atoms with Gasteiger partial charge in [-0.1, -0.05) is 0 Å². The minimum absolute atomic E-state index is 0.0211. The van der Waals surface area contributed by atoms with E-state index in [0.29, 0.717) is 30.6 Å². The molecule has 0 spiro atoms. The normalized spacial score (nSPS) is 22.3. The number of anilines is 3. The number of amides is 3. The van der Waals surface area contributed by atoms with Crippen LogP contribution in [0.15, 0.2) is 18.3 Å². The maximum absolute atomic E-state index is 15.7. The molecule has 2 bridgehead atoms.